The van der Waals surface area contributed by atoms with Crippen LogP contribution in [0.5, 0.6) is 0 Å². The van der Waals surface area contributed by atoms with Crippen LogP contribution in [0, 0.1) is 0 Å². The zero-order valence-corrected chi connectivity index (χ0v) is 14.4. The molecular formula is C17H24O7. The van der Waals surface area contributed by atoms with Gasteiger partial charge in [0.05, 0.1) is 11.2 Å². The summed E-state index contributed by atoms with van der Waals surface area (Å²) in [5.74, 6) is -2.38. The molecule has 2 heterocycles. The van der Waals surface area contributed by atoms with Crippen molar-refractivity contribution in [2.45, 2.75) is 76.2 Å². The van der Waals surface area contributed by atoms with Gasteiger partial charge in [-0.05, 0) is 39.2 Å². The van der Waals surface area contributed by atoms with Crippen molar-refractivity contribution in [3.8, 4) is 0 Å². The number of carbonyl (C=O) groups is 2. The molecule has 0 aromatic rings. The summed E-state index contributed by atoms with van der Waals surface area (Å²) < 4.78 is 17.0. The lowest BCUT2D eigenvalue weighted by Crippen LogP contribution is -2.52. The van der Waals surface area contributed by atoms with Crippen LogP contribution in [0.4, 0.5) is 0 Å². The third kappa shape index (κ3) is 2.60. The Labute approximate surface area is 140 Å². The maximum absolute atomic E-state index is 12.7. The highest BCUT2D eigenvalue weighted by atomic mass is 16.7. The van der Waals surface area contributed by atoms with E-state index in [0.717, 1.165) is 0 Å². The first-order chi connectivity index (χ1) is 11.0. The number of esters is 1. The van der Waals surface area contributed by atoms with E-state index in [2.05, 4.69) is 0 Å². The fourth-order valence-corrected chi connectivity index (χ4v) is 3.78. The van der Waals surface area contributed by atoms with Crippen LogP contribution in [0.25, 0.3) is 0 Å². The fraction of sp³-hybridized carbons (Fsp3) is 0.765. The van der Waals surface area contributed by atoms with Crippen LogP contribution in [-0.4, -0.2) is 57.8 Å². The molecule has 0 bridgehead atoms. The minimum atomic E-state index is -1.64. The number of ether oxygens (including phenoxy) is 3. The lowest BCUT2D eigenvalue weighted by Gasteiger charge is -2.39. The van der Waals surface area contributed by atoms with Crippen LogP contribution in [0.3, 0.4) is 0 Å². The van der Waals surface area contributed by atoms with E-state index >= 15 is 0 Å². The quantitative estimate of drug-likeness (QED) is 0.561. The molecule has 7 nitrogen and oxygen atoms in total. The number of hydrogen-bond acceptors (Lipinski definition) is 7. The molecule has 4 atom stereocenters. The monoisotopic (exact) mass is 340 g/mol. The van der Waals surface area contributed by atoms with Crippen LogP contribution in [-0.2, 0) is 23.8 Å². The molecule has 2 fully saturated rings. The highest BCUT2D eigenvalue weighted by molar-refractivity contribution is 5.93. The van der Waals surface area contributed by atoms with Gasteiger partial charge in [-0.15, -0.1) is 0 Å². The molecule has 1 spiro atoms. The van der Waals surface area contributed by atoms with Crippen molar-refractivity contribution in [3.05, 3.63) is 11.1 Å². The molecule has 3 rings (SSSR count). The lowest BCUT2D eigenvalue weighted by atomic mass is 9.78. The third-order valence-corrected chi connectivity index (χ3v) is 5.04. The van der Waals surface area contributed by atoms with Crippen LogP contribution < -0.4 is 0 Å². The predicted molar refractivity (Wildman–Crippen MR) is 81.9 cm³/mol. The van der Waals surface area contributed by atoms with E-state index in [1.165, 1.54) is 13.8 Å². The fourth-order valence-electron chi connectivity index (χ4n) is 3.78. The van der Waals surface area contributed by atoms with Gasteiger partial charge in [0.1, 0.15) is 18.8 Å². The molecule has 24 heavy (non-hydrogen) atoms. The van der Waals surface area contributed by atoms with Crippen molar-refractivity contribution in [2.75, 3.05) is 6.61 Å². The van der Waals surface area contributed by atoms with Gasteiger partial charge in [0.25, 0.3) is 5.79 Å². The molecule has 7 heteroatoms. The number of fused-ring (bicyclic) bond motifs is 1. The van der Waals surface area contributed by atoms with E-state index in [1.807, 2.05) is 0 Å². The van der Waals surface area contributed by atoms with Crippen LogP contribution in [0.15, 0.2) is 11.1 Å². The van der Waals surface area contributed by atoms with Gasteiger partial charge in [0.15, 0.2) is 5.78 Å². The number of aliphatic hydroxyl groups excluding tert-OH is 1. The maximum atomic E-state index is 12.7. The third-order valence-electron chi connectivity index (χ3n) is 5.04. The summed E-state index contributed by atoms with van der Waals surface area (Å²) in [6.07, 6.45) is -1.13. The van der Waals surface area contributed by atoms with E-state index in [4.69, 9.17) is 14.2 Å². The predicted octanol–water partition coefficient (Wildman–Crippen LogP) is 0.615. The summed E-state index contributed by atoms with van der Waals surface area (Å²) in [4.78, 5) is 24.0. The molecule has 1 saturated carbocycles. The van der Waals surface area contributed by atoms with E-state index in [1.54, 1.807) is 13.8 Å². The van der Waals surface area contributed by atoms with Gasteiger partial charge >= 0.3 is 5.97 Å². The van der Waals surface area contributed by atoms with E-state index in [-0.39, 0.29) is 18.8 Å². The number of hydrogen-bond donors (Lipinski definition) is 2. The average Bonchev–Trinajstić information content (AvgIpc) is 2.86. The molecule has 1 aliphatic carbocycles. The Morgan fingerprint density at radius 3 is 2.58 bits per heavy atom. The first-order valence-corrected chi connectivity index (χ1v) is 8.16. The van der Waals surface area contributed by atoms with Gasteiger partial charge in [-0.2, -0.15) is 0 Å². The number of rotatable bonds is 2. The molecule has 3 aliphatic rings. The summed E-state index contributed by atoms with van der Waals surface area (Å²) in [5, 5.41) is 20.8. The number of Topliss-reactive ketones (excluding diaryl/α,β-unsaturated/α-hetero) is 1. The zero-order chi connectivity index (χ0) is 17.9. The summed E-state index contributed by atoms with van der Waals surface area (Å²) in [6, 6.07) is 0. The molecule has 134 valence electrons. The first kappa shape index (κ1) is 17.5. The first-order valence-electron chi connectivity index (χ1n) is 8.16. The molecule has 1 saturated heterocycles. The van der Waals surface area contributed by atoms with Gasteiger partial charge in [0.2, 0.25) is 0 Å². The van der Waals surface area contributed by atoms with Gasteiger partial charge < -0.3 is 24.4 Å². The highest BCUT2D eigenvalue weighted by Crippen LogP contribution is 2.51. The van der Waals surface area contributed by atoms with Gasteiger partial charge in [-0.25, -0.2) is 0 Å². The average molecular weight is 340 g/mol. The Kier molecular flexibility index (Phi) is 3.92. The lowest BCUT2D eigenvalue weighted by molar-refractivity contribution is -0.244. The number of aliphatic hydroxyl groups is 2. The highest BCUT2D eigenvalue weighted by Gasteiger charge is 2.63. The van der Waals surface area contributed by atoms with Crippen molar-refractivity contribution >= 4 is 11.8 Å². The molecule has 2 N–H and O–H groups in total. The standard InChI is InChI=1S/C17H24O7/c1-9(18)22-8-11-10-5-6-16(4,21)14(20)13(10)23-17(11)12(19)7-15(2,3)24-17/h13-14,20-21H,5-8H2,1-4H3. The van der Waals surface area contributed by atoms with Crippen LogP contribution >= 0.6 is 0 Å². The Balaban J connectivity index is 2.03. The SMILES string of the molecule is CC(=O)OCC1=C2CCC(C)(O)C(O)C2OC12OC(C)(C)CC2=O. The summed E-state index contributed by atoms with van der Waals surface area (Å²) in [5.41, 5.74) is -0.905. The van der Waals surface area contributed by atoms with Crippen molar-refractivity contribution in [3.63, 3.8) is 0 Å². The summed E-state index contributed by atoms with van der Waals surface area (Å²) in [7, 11) is 0. The van der Waals surface area contributed by atoms with Crippen molar-refractivity contribution in [1.82, 2.24) is 0 Å². The minimum absolute atomic E-state index is 0.127. The Morgan fingerprint density at radius 1 is 1.38 bits per heavy atom. The van der Waals surface area contributed by atoms with E-state index in [9.17, 15) is 19.8 Å². The van der Waals surface area contributed by atoms with Crippen LogP contribution in [0.2, 0.25) is 0 Å². The van der Waals surface area contributed by atoms with Crippen molar-refractivity contribution < 1.29 is 34.0 Å². The number of carbonyl (C=O) groups excluding carboxylic acids is 2. The molecule has 0 radical (unpaired) electrons. The second kappa shape index (κ2) is 5.36. The Morgan fingerprint density at radius 2 is 2.04 bits per heavy atom. The van der Waals surface area contributed by atoms with Gasteiger partial charge in [-0.3, -0.25) is 9.59 Å². The molecule has 2 aliphatic heterocycles. The molecule has 0 aromatic carbocycles. The maximum Gasteiger partial charge on any atom is 0.302 e. The zero-order valence-electron chi connectivity index (χ0n) is 14.4. The second-order valence-corrected chi connectivity index (χ2v) is 7.70. The molecular weight excluding hydrogens is 316 g/mol. The molecule has 0 aromatic heterocycles. The van der Waals surface area contributed by atoms with Gasteiger partial charge in [0, 0.05) is 18.9 Å². The minimum Gasteiger partial charge on any atom is -0.461 e. The van der Waals surface area contributed by atoms with Gasteiger partial charge in [-0.1, -0.05) is 0 Å². The molecule has 0 amide bonds. The summed E-state index contributed by atoms with van der Waals surface area (Å²) in [6.45, 7) is 6.26. The number of ketones is 1. The topological polar surface area (TPSA) is 102 Å². The Hall–Kier alpha value is -1.28. The van der Waals surface area contributed by atoms with Crippen LogP contribution in [0.1, 0.15) is 47.0 Å². The smallest absolute Gasteiger partial charge is 0.302 e. The van der Waals surface area contributed by atoms with Crippen molar-refractivity contribution in [1.29, 1.82) is 0 Å². The molecule has 4 unspecified atom stereocenters. The van der Waals surface area contributed by atoms with E-state index < -0.39 is 35.2 Å². The van der Waals surface area contributed by atoms with Crippen molar-refractivity contribution in [2.24, 2.45) is 0 Å². The summed E-state index contributed by atoms with van der Waals surface area (Å²) >= 11 is 0. The Bertz CT molecular complexity index is 618. The normalized spacial score (nSPS) is 41.0. The largest absolute Gasteiger partial charge is 0.461 e. The second-order valence-electron chi connectivity index (χ2n) is 7.70. The van der Waals surface area contributed by atoms with E-state index in [0.29, 0.717) is 24.0 Å².